The summed E-state index contributed by atoms with van der Waals surface area (Å²) < 4.78 is 10.5. The Morgan fingerprint density at radius 1 is 1.26 bits per heavy atom. The van der Waals surface area contributed by atoms with E-state index in [1.807, 2.05) is 26.0 Å². The van der Waals surface area contributed by atoms with Gasteiger partial charge in [0.15, 0.2) is 0 Å². The summed E-state index contributed by atoms with van der Waals surface area (Å²) in [5.74, 6) is -0.300. The number of carbonyl (C=O) groups is 1. The molecular formula is C15H23NO3. The van der Waals surface area contributed by atoms with Crippen LogP contribution in [0.4, 0.5) is 0 Å². The van der Waals surface area contributed by atoms with Crippen molar-refractivity contribution in [1.29, 1.82) is 0 Å². The molecule has 0 aliphatic rings. The molecule has 1 rings (SSSR count). The second-order valence-corrected chi connectivity index (χ2v) is 5.09. The Kier molecular flexibility index (Phi) is 5.99. The predicted octanol–water partition coefficient (Wildman–Crippen LogP) is 2.16. The Bertz CT molecular complexity index is 398. The maximum atomic E-state index is 11.8. The minimum absolute atomic E-state index is 0.273. The first-order valence-electron chi connectivity index (χ1n) is 6.50. The third kappa shape index (κ3) is 5.41. The van der Waals surface area contributed by atoms with Gasteiger partial charge >= 0.3 is 5.97 Å². The highest BCUT2D eigenvalue weighted by Gasteiger charge is 2.17. The molecule has 1 aromatic rings. The number of rotatable bonds is 7. The zero-order valence-electron chi connectivity index (χ0n) is 11.9. The third-order valence-corrected chi connectivity index (χ3v) is 3.11. The number of ether oxygens (including phenoxy) is 2. The van der Waals surface area contributed by atoms with Crippen molar-refractivity contribution in [2.75, 3.05) is 20.3 Å². The van der Waals surface area contributed by atoms with Crippen LogP contribution in [0.5, 0.6) is 0 Å². The van der Waals surface area contributed by atoms with E-state index in [1.54, 1.807) is 19.2 Å². The van der Waals surface area contributed by atoms with Crippen LogP contribution in [0.3, 0.4) is 0 Å². The summed E-state index contributed by atoms with van der Waals surface area (Å²) in [7, 11) is 1.65. The fraction of sp³-hybridized carbons (Fsp3) is 0.533. The van der Waals surface area contributed by atoms with Crippen molar-refractivity contribution in [3.8, 4) is 0 Å². The second kappa shape index (κ2) is 7.26. The van der Waals surface area contributed by atoms with E-state index in [9.17, 15) is 4.79 Å². The van der Waals surface area contributed by atoms with Gasteiger partial charge in [0.2, 0.25) is 0 Å². The topological polar surface area (TPSA) is 61.5 Å². The van der Waals surface area contributed by atoms with Gasteiger partial charge in [-0.1, -0.05) is 12.1 Å². The standard InChI is InChI=1S/C15H23NO3/c1-15(2,18-3)9-11-19-14(17)13-6-4-12(5-7-13)8-10-16/h4-7H,8-11,16H2,1-3H3. The summed E-state index contributed by atoms with van der Waals surface area (Å²) in [5.41, 5.74) is 6.89. The van der Waals surface area contributed by atoms with Crippen LogP contribution in [-0.4, -0.2) is 31.8 Å². The van der Waals surface area contributed by atoms with Crippen molar-refractivity contribution in [3.05, 3.63) is 35.4 Å². The fourth-order valence-electron chi connectivity index (χ4n) is 1.55. The van der Waals surface area contributed by atoms with E-state index in [0.29, 0.717) is 25.1 Å². The van der Waals surface area contributed by atoms with E-state index in [1.165, 1.54) is 0 Å². The monoisotopic (exact) mass is 265 g/mol. The van der Waals surface area contributed by atoms with Crippen molar-refractivity contribution in [3.63, 3.8) is 0 Å². The molecule has 106 valence electrons. The summed E-state index contributed by atoms with van der Waals surface area (Å²) in [5, 5.41) is 0. The minimum Gasteiger partial charge on any atom is -0.462 e. The zero-order valence-corrected chi connectivity index (χ0v) is 11.9. The molecule has 0 unspecified atom stereocenters. The van der Waals surface area contributed by atoms with Crippen LogP contribution in [0, 0.1) is 0 Å². The molecule has 4 nitrogen and oxygen atoms in total. The van der Waals surface area contributed by atoms with Crippen molar-refractivity contribution >= 4 is 5.97 Å². The molecule has 0 amide bonds. The lowest BCUT2D eigenvalue weighted by atomic mass is 10.1. The number of hydrogen-bond donors (Lipinski definition) is 1. The van der Waals surface area contributed by atoms with Gasteiger partial charge < -0.3 is 15.2 Å². The van der Waals surface area contributed by atoms with Gasteiger partial charge in [0.25, 0.3) is 0 Å². The smallest absolute Gasteiger partial charge is 0.338 e. The normalized spacial score (nSPS) is 11.4. The molecule has 0 aromatic heterocycles. The van der Waals surface area contributed by atoms with E-state index in [-0.39, 0.29) is 11.6 Å². The summed E-state index contributed by atoms with van der Waals surface area (Å²) in [6.07, 6.45) is 1.48. The number of carbonyl (C=O) groups excluding carboxylic acids is 1. The lowest BCUT2D eigenvalue weighted by Crippen LogP contribution is -2.25. The van der Waals surface area contributed by atoms with Gasteiger partial charge in [-0.2, -0.15) is 0 Å². The maximum Gasteiger partial charge on any atom is 0.338 e. The summed E-state index contributed by atoms with van der Waals surface area (Å²) in [6.45, 7) is 4.88. The van der Waals surface area contributed by atoms with Crippen molar-refractivity contribution < 1.29 is 14.3 Å². The van der Waals surface area contributed by atoms with Gasteiger partial charge in [-0.25, -0.2) is 4.79 Å². The largest absolute Gasteiger partial charge is 0.462 e. The Morgan fingerprint density at radius 3 is 2.42 bits per heavy atom. The average Bonchev–Trinajstić information content (AvgIpc) is 2.39. The van der Waals surface area contributed by atoms with E-state index in [4.69, 9.17) is 15.2 Å². The van der Waals surface area contributed by atoms with E-state index >= 15 is 0 Å². The van der Waals surface area contributed by atoms with Crippen LogP contribution >= 0.6 is 0 Å². The van der Waals surface area contributed by atoms with Crippen LogP contribution in [0.25, 0.3) is 0 Å². The van der Waals surface area contributed by atoms with Gasteiger partial charge in [-0.3, -0.25) is 0 Å². The highest BCUT2D eigenvalue weighted by molar-refractivity contribution is 5.89. The number of hydrogen-bond acceptors (Lipinski definition) is 4. The molecule has 0 heterocycles. The second-order valence-electron chi connectivity index (χ2n) is 5.09. The first-order valence-corrected chi connectivity index (χ1v) is 6.50. The first-order chi connectivity index (χ1) is 8.98. The SMILES string of the molecule is COC(C)(C)CCOC(=O)c1ccc(CCN)cc1. The molecule has 2 N–H and O–H groups in total. The molecule has 4 heteroatoms. The molecule has 0 saturated heterocycles. The fourth-order valence-corrected chi connectivity index (χ4v) is 1.55. The highest BCUT2D eigenvalue weighted by Crippen LogP contribution is 2.13. The van der Waals surface area contributed by atoms with Crippen LogP contribution in [0.1, 0.15) is 36.2 Å². The van der Waals surface area contributed by atoms with Crippen molar-refractivity contribution in [1.82, 2.24) is 0 Å². The summed E-state index contributed by atoms with van der Waals surface area (Å²) in [4.78, 5) is 11.8. The minimum atomic E-state index is -0.300. The number of methoxy groups -OCH3 is 1. The Hall–Kier alpha value is -1.39. The molecule has 0 saturated carbocycles. The molecule has 0 radical (unpaired) electrons. The molecule has 0 fully saturated rings. The number of nitrogens with two attached hydrogens (primary N) is 1. The quantitative estimate of drug-likeness (QED) is 0.767. The van der Waals surface area contributed by atoms with E-state index in [0.717, 1.165) is 12.0 Å². The molecule has 1 aromatic carbocycles. The predicted molar refractivity (Wildman–Crippen MR) is 75.2 cm³/mol. The van der Waals surface area contributed by atoms with Gasteiger partial charge in [0, 0.05) is 13.5 Å². The van der Waals surface area contributed by atoms with Crippen molar-refractivity contribution in [2.45, 2.75) is 32.3 Å². The molecule has 0 bridgehead atoms. The van der Waals surface area contributed by atoms with Crippen LogP contribution in [0.2, 0.25) is 0 Å². The third-order valence-electron chi connectivity index (χ3n) is 3.11. The highest BCUT2D eigenvalue weighted by atomic mass is 16.5. The van der Waals surface area contributed by atoms with Gasteiger partial charge in [-0.15, -0.1) is 0 Å². The summed E-state index contributed by atoms with van der Waals surface area (Å²) in [6, 6.07) is 7.36. The van der Waals surface area contributed by atoms with Gasteiger partial charge in [0.1, 0.15) is 0 Å². The van der Waals surface area contributed by atoms with Crippen LogP contribution in [0.15, 0.2) is 24.3 Å². The molecule has 19 heavy (non-hydrogen) atoms. The van der Waals surface area contributed by atoms with Crippen LogP contribution in [-0.2, 0) is 15.9 Å². The average molecular weight is 265 g/mol. The van der Waals surface area contributed by atoms with E-state index < -0.39 is 0 Å². The Labute approximate surface area is 114 Å². The Balaban J connectivity index is 2.45. The number of esters is 1. The van der Waals surface area contributed by atoms with Gasteiger partial charge in [-0.05, 0) is 44.5 Å². The molecule has 0 aliphatic heterocycles. The maximum absolute atomic E-state index is 11.8. The summed E-state index contributed by atoms with van der Waals surface area (Å²) >= 11 is 0. The lowest BCUT2D eigenvalue weighted by molar-refractivity contribution is -0.00563. The van der Waals surface area contributed by atoms with E-state index in [2.05, 4.69) is 0 Å². The first kappa shape index (κ1) is 15.7. The van der Waals surface area contributed by atoms with Crippen LogP contribution < -0.4 is 5.73 Å². The zero-order chi connectivity index (χ0) is 14.3. The molecule has 0 spiro atoms. The van der Waals surface area contributed by atoms with Crippen molar-refractivity contribution in [2.24, 2.45) is 5.73 Å². The lowest BCUT2D eigenvalue weighted by Gasteiger charge is -2.22. The molecule has 0 aliphatic carbocycles. The van der Waals surface area contributed by atoms with Gasteiger partial charge in [0.05, 0.1) is 17.8 Å². The number of benzene rings is 1. The molecule has 0 atom stereocenters. The Morgan fingerprint density at radius 2 is 1.89 bits per heavy atom. The molecular weight excluding hydrogens is 242 g/mol.